The van der Waals surface area contributed by atoms with Crippen LogP contribution in [0.4, 0.5) is 0 Å². The van der Waals surface area contributed by atoms with Gasteiger partial charge in [-0.25, -0.2) is 0 Å². The van der Waals surface area contributed by atoms with Crippen molar-refractivity contribution < 1.29 is 4.79 Å². The van der Waals surface area contributed by atoms with Crippen LogP contribution in [-0.2, 0) is 5.41 Å². The molecule has 94 valence electrons. The normalized spacial score (nSPS) is 11.7. The molecule has 0 aliphatic rings. The average molecular weight is 233 g/mol. The summed E-state index contributed by atoms with van der Waals surface area (Å²) in [5.74, 6) is 0.0838. The van der Waals surface area contributed by atoms with Gasteiger partial charge in [0.25, 0.3) is 5.91 Å². The first-order chi connectivity index (χ1) is 7.73. The summed E-state index contributed by atoms with van der Waals surface area (Å²) in [7, 11) is 1.84. The first-order valence-electron chi connectivity index (χ1n) is 6.11. The van der Waals surface area contributed by atoms with Crippen molar-refractivity contribution in [2.24, 2.45) is 0 Å². The van der Waals surface area contributed by atoms with Crippen LogP contribution in [-0.4, -0.2) is 23.9 Å². The Morgan fingerprint density at radius 2 is 1.59 bits per heavy atom. The van der Waals surface area contributed by atoms with Gasteiger partial charge in [0.05, 0.1) is 0 Å². The number of carbonyl (C=O) groups is 1. The van der Waals surface area contributed by atoms with Gasteiger partial charge in [0.15, 0.2) is 0 Å². The molecule has 1 rings (SSSR count). The van der Waals surface area contributed by atoms with Crippen LogP contribution in [0, 0.1) is 0 Å². The van der Waals surface area contributed by atoms with Gasteiger partial charge in [-0.1, -0.05) is 32.9 Å². The molecule has 0 saturated heterocycles. The molecule has 0 fully saturated rings. The molecule has 2 nitrogen and oxygen atoms in total. The van der Waals surface area contributed by atoms with Crippen LogP contribution in [0.15, 0.2) is 24.3 Å². The van der Waals surface area contributed by atoms with Gasteiger partial charge in [0.1, 0.15) is 0 Å². The number of amides is 1. The Labute approximate surface area is 105 Å². The Morgan fingerprint density at radius 3 is 1.94 bits per heavy atom. The Kier molecular flexibility index (Phi) is 3.97. The second-order valence-corrected chi connectivity index (χ2v) is 5.84. The number of hydrogen-bond acceptors (Lipinski definition) is 1. The van der Waals surface area contributed by atoms with Crippen LogP contribution >= 0.6 is 0 Å². The minimum atomic E-state index is 0.0838. The van der Waals surface area contributed by atoms with E-state index in [0.717, 1.165) is 5.56 Å². The van der Waals surface area contributed by atoms with Crippen molar-refractivity contribution in [3.8, 4) is 0 Å². The van der Waals surface area contributed by atoms with Crippen molar-refractivity contribution in [2.75, 3.05) is 7.05 Å². The first kappa shape index (κ1) is 13.8. The lowest BCUT2D eigenvalue weighted by Gasteiger charge is -2.23. The highest BCUT2D eigenvalue weighted by Crippen LogP contribution is 2.22. The molecular formula is C15H23NO. The molecule has 0 spiro atoms. The fraction of sp³-hybridized carbons (Fsp3) is 0.533. The highest BCUT2D eigenvalue weighted by Gasteiger charge is 2.17. The topological polar surface area (TPSA) is 20.3 Å². The van der Waals surface area contributed by atoms with E-state index in [1.807, 2.05) is 45.2 Å². The Balaban J connectivity index is 2.92. The Bertz CT molecular complexity index is 384. The lowest BCUT2D eigenvalue weighted by atomic mass is 9.86. The molecular weight excluding hydrogens is 210 g/mol. The molecule has 17 heavy (non-hydrogen) atoms. The van der Waals surface area contributed by atoms with Crippen molar-refractivity contribution in [1.29, 1.82) is 0 Å². The number of benzene rings is 1. The number of carbonyl (C=O) groups excluding carboxylic acids is 1. The van der Waals surface area contributed by atoms with Crippen LogP contribution in [0.25, 0.3) is 0 Å². The van der Waals surface area contributed by atoms with Gasteiger partial charge in [-0.3, -0.25) is 4.79 Å². The Morgan fingerprint density at radius 1 is 1.12 bits per heavy atom. The van der Waals surface area contributed by atoms with Gasteiger partial charge in [-0.2, -0.15) is 0 Å². The number of rotatable bonds is 2. The van der Waals surface area contributed by atoms with E-state index < -0.39 is 0 Å². The summed E-state index contributed by atoms with van der Waals surface area (Å²) in [5.41, 5.74) is 2.14. The molecule has 0 saturated carbocycles. The maximum atomic E-state index is 12.1. The molecule has 1 aromatic rings. The quantitative estimate of drug-likeness (QED) is 0.766. The molecule has 2 heteroatoms. The fourth-order valence-corrected chi connectivity index (χ4v) is 1.55. The average Bonchev–Trinajstić information content (AvgIpc) is 2.26. The molecule has 0 aromatic heterocycles. The maximum Gasteiger partial charge on any atom is 0.253 e. The summed E-state index contributed by atoms with van der Waals surface area (Å²) in [6, 6.07) is 8.15. The van der Waals surface area contributed by atoms with Gasteiger partial charge in [-0.15, -0.1) is 0 Å². The summed E-state index contributed by atoms with van der Waals surface area (Å²) in [4.78, 5) is 13.8. The molecule has 0 atom stereocenters. The lowest BCUT2D eigenvalue weighted by molar-refractivity contribution is 0.0755. The summed E-state index contributed by atoms with van der Waals surface area (Å²) >= 11 is 0. The number of nitrogens with zero attached hydrogens (tertiary/aromatic N) is 1. The third-order valence-electron chi connectivity index (χ3n) is 3.09. The number of hydrogen-bond donors (Lipinski definition) is 0. The SMILES string of the molecule is CC(C)N(C)C(=O)c1ccc(C(C)(C)C)cc1. The standard InChI is InChI=1S/C15H23NO/c1-11(2)16(6)14(17)12-7-9-13(10-8-12)15(3,4)5/h7-11H,1-6H3. The monoisotopic (exact) mass is 233 g/mol. The van der Waals surface area contributed by atoms with Gasteiger partial charge in [-0.05, 0) is 37.0 Å². The van der Waals surface area contributed by atoms with Crippen LogP contribution in [0.1, 0.15) is 50.5 Å². The van der Waals surface area contributed by atoms with E-state index in [1.54, 1.807) is 4.90 Å². The zero-order valence-corrected chi connectivity index (χ0v) is 11.7. The van der Waals surface area contributed by atoms with E-state index in [2.05, 4.69) is 20.8 Å². The molecule has 0 heterocycles. The van der Waals surface area contributed by atoms with E-state index in [0.29, 0.717) is 0 Å². The van der Waals surface area contributed by atoms with Gasteiger partial charge < -0.3 is 4.90 Å². The van der Waals surface area contributed by atoms with Crippen LogP contribution < -0.4 is 0 Å². The summed E-state index contributed by atoms with van der Waals surface area (Å²) in [5, 5.41) is 0. The molecule has 0 radical (unpaired) electrons. The predicted octanol–water partition coefficient (Wildman–Crippen LogP) is 3.46. The van der Waals surface area contributed by atoms with E-state index in [4.69, 9.17) is 0 Å². The highest BCUT2D eigenvalue weighted by atomic mass is 16.2. The van der Waals surface area contributed by atoms with Crippen LogP contribution in [0.2, 0.25) is 0 Å². The van der Waals surface area contributed by atoms with Crippen LogP contribution in [0.5, 0.6) is 0 Å². The fourth-order valence-electron chi connectivity index (χ4n) is 1.55. The minimum Gasteiger partial charge on any atom is -0.339 e. The van der Waals surface area contributed by atoms with Crippen molar-refractivity contribution in [3.05, 3.63) is 35.4 Å². The molecule has 1 aromatic carbocycles. The summed E-state index contributed by atoms with van der Waals surface area (Å²) < 4.78 is 0. The van der Waals surface area contributed by atoms with E-state index in [1.165, 1.54) is 5.56 Å². The second kappa shape index (κ2) is 4.91. The van der Waals surface area contributed by atoms with E-state index >= 15 is 0 Å². The van der Waals surface area contributed by atoms with Crippen molar-refractivity contribution >= 4 is 5.91 Å². The summed E-state index contributed by atoms with van der Waals surface area (Å²) in [6.07, 6.45) is 0. The maximum absolute atomic E-state index is 12.1. The van der Waals surface area contributed by atoms with Crippen LogP contribution in [0.3, 0.4) is 0 Å². The molecule has 0 bridgehead atoms. The predicted molar refractivity (Wildman–Crippen MR) is 72.4 cm³/mol. The molecule has 0 aliphatic carbocycles. The van der Waals surface area contributed by atoms with Crippen molar-refractivity contribution in [3.63, 3.8) is 0 Å². The molecule has 1 amide bonds. The van der Waals surface area contributed by atoms with Crippen molar-refractivity contribution in [1.82, 2.24) is 4.90 Å². The van der Waals surface area contributed by atoms with Gasteiger partial charge in [0.2, 0.25) is 0 Å². The largest absolute Gasteiger partial charge is 0.339 e. The Hall–Kier alpha value is -1.31. The lowest BCUT2D eigenvalue weighted by Crippen LogP contribution is -2.33. The summed E-state index contributed by atoms with van der Waals surface area (Å²) in [6.45, 7) is 10.5. The second-order valence-electron chi connectivity index (χ2n) is 5.84. The first-order valence-corrected chi connectivity index (χ1v) is 6.11. The van der Waals surface area contributed by atoms with E-state index in [-0.39, 0.29) is 17.4 Å². The van der Waals surface area contributed by atoms with Crippen molar-refractivity contribution in [2.45, 2.75) is 46.1 Å². The smallest absolute Gasteiger partial charge is 0.253 e. The van der Waals surface area contributed by atoms with Gasteiger partial charge >= 0.3 is 0 Å². The highest BCUT2D eigenvalue weighted by molar-refractivity contribution is 5.94. The van der Waals surface area contributed by atoms with E-state index in [9.17, 15) is 4.79 Å². The van der Waals surface area contributed by atoms with Gasteiger partial charge in [0, 0.05) is 18.7 Å². The molecule has 0 N–H and O–H groups in total. The molecule has 0 aliphatic heterocycles. The third kappa shape index (κ3) is 3.32. The molecule has 0 unspecified atom stereocenters. The zero-order chi connectivity index (χ0) is 13.2. The zero-order valence-electron chi connectivity index (χ0n) is 11.7. The third-order valence-corrected chi connectivity index (χ3v) is 3.09. The minimum absolute atomic E-state index is 0.0838.